The summed E-state index contributed by atoms with van der Waals surface area (Å²) in [5.74, 6) is -0.0466. The molecule has 2 atom stereocenters. The number of carbonyl (C=O) groups is 2. The lowest BCUT2D eigenvalue weighted by Crippen LogP contribution is -2.43. The van der Waals surface area contributed by atoms with E-state index in [9.17, 15) is 9.59 Å². The number of carbonyl (C=O) groups excluding carboxylic acids is 2. The van der Waals surface area contributed by atoms with Crippen LogP contribution in [0, 0.1) is 6.92 Å². The van der Waals surface area contributed by atoms with Gasteiger partial charge in [-0.15, -0.1) is 0 Å². The Labute approximate surface area is 189 Å². The fourth-order valence-corrected chi connectivity index (χ4v) is 4.56. The average Bonchev–Trinajstić information content (AvgIpc) is 2.74. The molecule has 32 heavy (non-hydrogen) atoms. The zero-order valence-electron chi connectivity index (χ0n) is 19.0. The standard InChI is InChI=1S/C27H29N3O2/c1-17-8-5-6-11-25(17)29-26-14-18(2)30(20(4)32)27-13-12-22(16-24(26)27)21-9-7-10-23(15-21)28-19(3)31/h5-13,15-16,18,26,29H,14H2,1-4H3,(H,28,31)/t18-,26+/m0/s1. The second kappa shape index (κ2) is 8.87. The highest BCUT2D eigenvalue weighted by atomic mass is 16.2. The second-order valence-electron chi connectivity index (χ2n) is 8.52. The monoisotopic (exact) mass is 427 g/mol. The van der Waals surface area contributed by atoms with E-state index in [0.717, 1.165) is 40.2 Å². The van der Waals surface area contributed by atoms with Gasteiger partial charge in [0.2, 0.25) is 11.8 Å². The Morgan fingerprint density at radius 1 is 0.938 bits per heavy atom. The van der Waals surface area contributed by atoms with E-state index in [1.165, 1.54) is 12.5 Å². The van der Waals surface area contributed by atoms with Gasteiger partial charge in [-0.2, -0.15) is 0 Å². The lowest BCUT2D eigenvalue weighted by molar-refractivity contribution is -0.117. The molecule has 0 spiro atoms. The van der Waals surface area contributed by atoms with Crippen molar-refractivity contribution in [2.24, 2.45) is 0 Å². The van der Waals surface area contributed by atoms with Crippen LogP contribution in [0.15, 0.2) is 66.7 Å². The number of nitrogens with zero attached hydrogens (tertiary/aromatic N) is 1. The molecule has 5 heteroatoms. The maximum Gasteiger partial charge on any atom is 0.224 e. The summed E-state index contributed by atoms with van der Waals surface area (Å²) in [6.07, 6.45) is 0.816. The van der Waals surface area contributed by atoms with Crippen LogP contribution in [0.3, 0.4) is 0 Å². The molecule has 0 aliphatic carbocycles. The first-order valence-corrected chi connectivity index (χ1v) is 11.0. The minimum Gasteiger partial charge on any atom is -0.378 e. The quantitative estimate of drug-likeness (QED) is 0.543. The van der Waals surface area contributed by atoms with Crippen LogP contribution in [0.25, 0.3) is 11.1 Å². The fraction of sp³-hybridized carbons (Fsp3) is 0.259. The van der Waals surface area contributed by atoms with Crippen molar-refractivity contribution in [3.05, 3.63) is 77.9 Å². The molecule has 0 aromatic heterocycles. The van der Waals surface area contributed by atoms with E-state index in [-0.39, 0.29) is 23.9 Å². The van der Waals surface area contributed by atoms with Gasteiger partial charge in [-0.05, 0) is 72.9 Å². The Morgan fingerprint density at radius 2 is 1.69 bits per heavy atom. The molecular weight excluding hydrogens is 398 g/mol. The molecule has 3 aromatic rings. The Morgan fingerprint density at radius 3 is 2.41 bits per heavy atom. The van der Waals surface area contributed by atoms with Gasteiger partial charge in [0.1, 0.15) is 0 Å². The van der Waals surface area contributed by atoms with Crippen LogP contribution in [0.2, 0.25) is 0 Å². The summed E-state index contributed by atoms with van der Waals surface area (Å²) in [4.78, 5) is 25.8. The van der Waals surface area contributed by atoms with Crippen LogP contribution >= 0.6 is 0 Å². The molecule has 0 bridgehead atoms. The van der Waals surface area contributed by atoms with E-state index < -0.39 is 0 Å². The van der Waals surface area contributed by atoms with Crippen LogP contribution < -0.4 is 15.5 Å². The summed E-state index contributed by atoms with van der Waals surface area (Å²) in [6.45, 7) is 7.33. The number of hydrogen-bond acceptors (Lipinski definition) is 3. The molecule has 1 aliphatic rings. The normalized spacial score (nSPS) is 17.4. The second-order valence-corrected chi connectivity index (χ2v) is 8.52. The van der Waals surface area contributed by atoms with Gasteiger partial charge in [0.05, 0.1) is 6.04 Å². The van der Waals surface area contributed by atoms with Gasteiger partial charge in [0.15, 0.2) is 0 Å². The van der Waals surface area contributed by atoms with E-state index in [0.29, 0.717) is 0 Å². The summed E-state index contributed by atoms with van der Waals surface area (Å²) in [7, 11) is 0. The third kappa shape index (κ3) is 4.37. The Balaban J connectivity index is 1.77. The number of fused-ring (bicyclic) bond motifs is 1. The maximum absolute atomic E-state index is 12.5. The molecule has 164 valence electrons. The number of nitrogens with one attached hydrogen (secondary N) is 2. The molecule has 4 rings (SSSR count). The van der Waals surface area contributed by atoms with Crippen LogP contribution in [-0.4, -0.2) is 17.9 Å². The van der Waals surface area contributed by atoms with E-state index in [1.807, 2.05) is 53.4 Å². The number of rotatable bonds is 4. The summed E-state index contributed by atoms with van der Waals surface area (Å²) in [5.41, 5.74) is 7.17. The molecule has 2 amide bonds. The van der Waals surface area contributed by atoms with Gasteiger partial charge < -0.3 is 15.5 Å². The van der Waals surface area contributed by atoms with E-state index >= 15 is 0 Å². The lowest BCUT2D eigenvalue weighted by atomic mass is 9.88. The van der Waals surface area contributed by atoms with Crippen molar-refractivity contribution in [1.29, 1.82) is 0 Å². The first kappa shape index (κ1) is 21.6. The van der Waals surface area contributed by atoms with Gasteiger partial charge in [-0.1, -0.05) is 36.4 Å². The number of benzene rings is 3. The zero-order chi connectivity index (χ0) is 22.8. The highest BCUT2D eigenvalue weighted by Crippen LogP contribution is 2.41. The van der Waals surface area contributed by atoms with Crippen molar-refractivity contribution in [2.75, 3.05) is 15.5 Å². The van der Waals surface area contributed by atoms with Gasteiger partial charge in [-0.3, -0.25) is 9.59 Å². The van der Waals surface area contributed by atoms with Crippen LogP contribution in [0.4, 0.5) is 17.1 Å². The molecule has 2 N–H and O–H groups in total. The number of para-hydroxylation sites is 1. The highest BCUT2D eigenvalue weighted by Gasteiger charge is 2.32. The predicted octanol–water partition coefficient (Wildman–Crippen LogP) is 5.92. The minimum absolute atomic E-state index is 0.0495. The van der Waals surface area contributed by atoms with Crippen LogP contribution in [0.5, 0.6) is 0 Å². The number of hydrogen-bond donors (Lipinski definition) is 2. The largest absolute Gasteiger partial charge is 0.378 e. The summed E-state index contributed by atoms with van der Waals surface area (Å²) in [6, 6.07) is 22.5. The van der Waals surface area contributed by atoms with Gasteiger partial charge in [-0.25, -0.2) is 0 Å². The first-order valence-electron chi connectivity index (χ1n) is 11.0. The summed E-state index contributed by atoms with van der Waals surface area (Å²) in [5, 5.41) is 6.56. The minimum atomic E-state index is -0.0961. The molecule has 0 saturated carbocycles. The van der Waals surface area contributed by atoms with E-state index in [4.69, 9.17) is 0 Å². The van der Waals surface area contributed by atoms with Crippen LogP contribution in [-0.2, 0) is 9.59 Å². The Hall–Kier alpha value is -3.60. The Kier molecular flexibility index (Phi) is 5.99. The third-order valence-electron chi connectivity index (χ3n) is 6.01. The molecular formula is C27H29N3O2. The van der Waals surface area contributed by atoms with Crippen molar-refractivity contribution >= 4 is 28.9 Å². The van der Waals surface area contributed by atoms with Gasteiger partial charge in [0.25, 0.3) is 0 Å². The zero-order valence-corrected chi connectivity index (χ0v) is 19.0. The molecule has 0 fully saturated rings. The topological polar surface area (TPSA) is 61.4 Å². The van der Waals surface area contributed by atoms with Gasteiger partial charge in [0, 0.05) is 37.0 Å². The fourth-order valence-electron chi connectivity index (χ4n) is 4.56. The maximum atomic E-state index is 12.5. The number of anilines is 3. The first-order chi connectivity index (χ1) is 15.3. The van der Waals surface area contributed by atoms with Crippen molar-refractivity contribution < 1.29 is 9.59 Å². The van der Waals surface area contributed by atoms with Gasteiger partial charge >= 0.3 is 0 Å². The van der Waals surface area contributed by atoms with Crippen LogP contribution in [0.1, 0.15) is 44.4 Å². The molecule has 5 nitrogen and oxygen atoms in total. The summed E-state index contributed by atoms with van der Waals surface area (Å²) >= 11 is 0. The number of aryl methyl sites for hydroxylation is 1. The summed E-state index contributed by atoms with van der Waals surface area (Å²) < 4.78 is 0. The van der Waals surface area contributed by atoms with Crippen molar-refractivity contribution in [2.45, 2.75) is 46.2 Å². The van der Waals surface area contributed by atoms with E-state index in [1.54, 1.807) is 6.92 Å². The molecule has 0 radical (unpaired) electrons. The SMILES string of the molecule is CC(=O)Nc1cccc(-c2ccc3c(c2)[C@H](Nc2ccccc2C)C[C@H](C)N3C(C)=O)c1. The predicted molar refractivity (Wildman–Crippen MR) is 131 cm³/mol. The smallest absolute Gasteiger partial charge is 0.224 e. The number of amides is 2. The third-order valence-corrected chi connectivity index (χ3v) is 6.01. The molecule has 3 aromatic carbocycles. The molecule has 1 heterocycles. The Bertz CT molecular complexity index is 1170. The van der Waals surface area contributed by atoms with E-state index in [2.05, 4.69) is 42.7 Å². The highest BCUT2D eigenvalue weighted by molar-refractivity contribution is 5.94. The average molecular weight is 428 g/mol. The van der Waals surface area contributed by atoms with Crippen molar-refractivity contribution in [3.8, 4) is 11.1 Å². The van der Waals surface area contributed by atoms with Crippen molar-refractivity contribution in [3.63, 3.8) is 0 Å². The molecule has 0 unspecified atom stereocenters. The molecule has 0 saturated heterocycles. The lowest BCUT2D eigenvalue weighted by Gasteiger charge is -2.40. The molecule has 1 aliphatic heterocycles. The van der Waals surface area contributed by atoms with Crippen molar-refractivity contribution in [1.82, 2.24) is 0 Å².